The number of carbonyl (C=O) groups is 2. The summed E-state index contributed by atoms with van der Waals surface area (Å²) in [7, 11) is 1.26. The minimum atomic E-state index is -0.599. The molecule has 0 bridgehead atoms. The number of rotatable bonds is 6. The largest absolute Gasteiger partial charge is 0.465 e. The molecule has 6 nitrogen and oxygen atoms in total. The molecule has 1 aliphatic carbocycles. The highest BCUT2D eigenvalue weighted by atomic mass is 35.5. The summed E-state index contributed by atoms with van der Waals surface area (Å²) in [6, 6.07) is 10.7. The van der Waals surface area contributed by atoms with Crippen LogP contribution in [0.5, 0.6) is 0 Å². The summed E-state index contributed by atoms with van der Waals surface area (Å²) < 4.78 is 20.4. The van der Waals surface area contributed by atoms with E-state index in [9.17, 15) is 14.0 Å². The third-order valence-corrected chi connectivity index (χ3v) is 5.69. The van der Waals surface area contributed by atoms with Crippen molar-refractivity contribution < 1.29 is 18.7 Å². The highest BCUT2D eigenvalue weighted by molar-refractivity contribution is 6.33. The number of nitrogens with zero attached hydrogens (tertiary/aromatic N) is 2. The number of aromatic nitrogens is 2. The van der Waals surface area contributed by atoms with Crippen LogP contribution in [0, 0.1) is 5.82 Å². The molecule has 0 spiro atoms. The molecular formula is C24H23ClFN3O3. The van der Waals surface area contributed by atoms with Crippen LogP contribution in [0.1, 0.15) is 65.3 Å². The van der Waals surface area contributed by atoms with E-state index in [2.05, 4.69) is 9.88 Å². The first-order valence-electron chi connectivity index (χ1n) is 10.4. The smallest absolute Gasteiger partial charge is 0.339 e. The summed E-state index contributed by atoms with van der Waals surface area (Å²) in [6.07, 6.45) is 2.04. The number of amides is 1. The van der Waals surface area contributed by atoms with Crippen LogP contribution in [0.4, 0.5) is 10.1 Å². The molecule has 8 heteroatoms. The Labute approximate surface area is 190 Å². The maximum Gasteiger partial charge on any atom is 0.339 e. The fraction of sp³-hybridized carbons (Fsp3) is 0.292. The number of ether oxygens (including phenoxy) is 1. The van der Waals surface area contributed by atoms with Gasteiger partial charge in [-0.3, -0.25) is 4.79 Å². The Bertz CT molecular complexity index is 1180. The average molecular weight is 456 g/mol. The van der Waals surface area contributed by atoms with E-state index in [1.54, 1.807) is 18.2 Å². The van der Waals surface area contributed by atoms with Gasteiger partial charge in [0.2, 0.25) is 0 Å². The van der Waals surface area contributed by atoms with E-state index in [-0.39, 0.29) is 28.1 Å². The van der Waals surface area contributed by atoms with Crippen LogP contribution in [-0.4, -0.2) is 28.5 Å². The first kappa shape index (κ1) is 22.0. The molecule has 1 saturated carbocycles. The summed E-state index contributed by atoms with van der Waals surface area (Å²) in [6.45, 7) is 4.06. The van der Waals surface area contributed by atoms with E-state index in [1.165, 1.54) is 31.4 Å². The number of benzene rings is 2. The summed E-state index contributed by atoms with van der Waals surface area (Å²) in [4.78, 5) is 30.0. The average Bonchev–Trinajstić information content (AvgIpc) is 3.54. The topological polar surface area (TPSA) is 73.2 Å². The number of carbonyl (C=O) groups excluding carboxylic acids is 2. The van der Waals surface area contributed by atoms with E-state index >= 15 is 0 Å². The van der Waals surface area contributed by atoms with Gasteiger partial charge in [-0.2, -0.15) is 0 Å². The molecule has 1 N–H and O–H groups in total. The van der Waals surface area contributed by atoms with Gasteiger partial charge in [0, 0.05) is 23.2 Å². The van der Waals surface area contributed by atoms with Crippen molar-refractivity contribution in [1.82, 2.24) is 9.55 Å². The lowest BCUT2D eigenvalue weighted by molar-refractivity contribution is 0.0600. The van der Waals surface area contributed by atoms with Crippen LogP contribution in [0.2, 0.25) is 5.02 Å². The number of halogens is 2. The highest BCUT2D eigenvalue weighted by Crippen LogP contribution is 2.43. The highest BCUT2D eigenvalue weighted by Gasteiger charge is 2.34. The van der Waals surface area contributed by atoms with Gasteiger partial charge >= 0.3 is 5.97 Å². The van der Waals surface area contributed by atoms with E-state index in [0.29, 0.717) is 22.9 Å². The van der Waals surface area contributed by atoms with Crippen molar-refractivity contribution in [3.63, 3.8) is 0 Å². The van der Waals surface area contributed by atoms with Crippen LogP contribution in [0.3, 0.4) is 0 Å². The fourth-order valence-corrected chi connectivity index (χ4v) is 3.90. The summed E-state index contributed by atoms with van der Waals surface area (Å²) in [5, 5.41) is 3.03. The Hall–Kier alpha value is -3.19. The van der Waals surface area contributed by atoms with Gasteiger partial charge < -0.3 is 14.6 Å². The fourth-order valence-electron chi connectivity index (χ4n) is 3.70. The molecule has 3 aromatic rings. The lowest BCUT2D eigenvalue weighted by atomic mass is 10.1. The minimum absolute atomic E-state index is 0.0566. The number of nitrogens with one attached hydrogen (secondary N) is 1. The van der Waals surface area contributed by atoms with Gasteiger partial charge in [-0.1, -0.05) is 11.6 Å². The number of anilines is 1. The summed E-state index contributed by atoms with van der Waals surface area (Å²) in [5.41, 5.74) is 2.13. The Morgan fingerprint density at radius 1 is 1.19 bits per heavy atom. The molecule has 0 atom stereocenters. The van der Waals surface area contributed by atoms with Gasteiger partial charge in [-0.25, -0.2) is 14.2 Å². The number of methoxy groups -OCH3 is 1. The van der Waals surface area contributed by atoms with E-state index < -0.39 is 11.9 Å². The standard InChI is InChI=1S/C24H23ClFN3O3/c1-13(2)29-21(14-6-8-16(26)9-7-14)20(28-22(29)15-4-5-15)23(30)27-17-10-11-19(25)18(12-17)24(31)32-3/h6-13,15H,4-5H2,1-3H3,(H,27,30). The first-order valence-corrected chi connectivity index (χ1v) is 10.7. The molecule has 1 amide bonds. The molecule has 32 heavy (non-hydrogen) atoms. The van der Waals surface area contributed by atoms with Crippen molar-refractivity contribution in [2.75, 3.05) is 12.4 Å². The van der Waals surface area contributed by atoms with Crippen LogP contribution in [-0.2, 0) is 4.74 Å². The van der Waals surface area contributed by atoms with Crippen molar-refractivity contribution in [2.45, 2.75) is 38.6 Å². The van der Waals surface area contributed by atoms with Crippen LogP contribution < -0.4 is 5.32 Å². The van der Waals surface area contributed by atoms with Crippen LogP contribution >= 0.6 is 11.6 Å². The Balaban J connectivity index is 1.78. The number of hydrogen-bond acceptors (Lipinski definition) is 4. The molecule has 166 valence electrons. The monoisotopic (exact) mass is 455 g/mol. The third kappa shape index (κ3) is 4.25. The Kier molecular flexibility index (Phi) is 6.02. The van der Waals surface area contributed by atoms with Gasteiger partial charge in [0.25, 0.3) is 5.91 Å². The van der Waals surface area contributed by atoms with Gasteiger partial charge in [0.1, 0.15) is 11.6 Å². The quantitative estimate of drug-likeness (QED) is 0.474. The Morgan fingerprint density at radius 3 is 2.47 bits per heavy atom. The lowest BCUT2D eigenvalue weighted by Gasteiger charge is -2.16. The maximum atomic E-state index is 13.6. The first-order chi connectivity index (χ1) is 15.3. The van der Waals surface area contributed by atoms with Gasteiger partial charge in [0.05, 0.1) is 23.4 Å². The van der Waals surface area contributed by atoms with Crippen LogP contribution in [0.15, 0.2) is 42.5 Å². The SMILES string of the molecule is COC(=O)c1cc(NC(=O)c2nc(C3CC3)n(C(C)C)c2-c2ccc(F)cc2)ccc1Cl. The molecule has 0 unspecified atom stereocenters. The molecular weight excluding hydrogens is 433 g/mol. The number of hydrogen-bond donors (Lipinski definition) is 1. The minimum Gasteiger partial charge on any atom is -0.465 e. The van der Waals surface area contributed by atoms with Crippen molar-refractivity contribution >= 4 is 29.2 Å². The van der Waals surface area contributed by atoms with Gasteiger partial charge in [0.15, 0.2) is 5.69 Å². The number of esters is 1. The molecule has 0 radical (unpaired) electrons. The third-order valence-electron chi connectivity index (χ3n) is 5.36. The normalized spacial score (nSPS) is 13.3. The van der Waals surface area contributed by atoms with E-state index in [1.807, 2.05) is 13.8 Å². The lowest BCUT2D eigenvalue weighted by Crippen LogP contribution is -2.15. The molecule has 1 heterocycles. The molecule has 2 aromatic carbocycles. The second-order valence-corrected chi connectivity index (χ2v) is 8.46. The zero-order valence-electron chi connectivity index (χ0n) is 18.0. The second-order valence-electron chi connectivity index (χ2n) is 8.05. The Morgan fingerprint density at radius 2 is 1.88 bits per heavy atom. The second kappa shape index (κ2) is 8.74. The predicted molar refractivity (Wildman–Crippen MR) is 121 cm³/mol. The molecule has 1 fully saturated rings. The molecule has 0 saturated heterocycles. The van der Waals surface area contributed by atoms with Crippen LogP contribution in [0.25, 0.3) is 11.3 Å². The predicted octanol–water partition coefficient (Wildman–Crippen LogP) is 5.84. The van der Waals surface area contributed by atoms with Crippen molar-refractivity contribution in [1.29, 1.82) is 0 Å². The van der Waals surface area contributed by atoms with Gasteiger partial charge in [-0.15, -0.1) is 0 Å². The molecule has 1 aliphatic rings. The zero-order valence-corrected chi connectivity index (χ0v) is 18.7. The van der Waals surface area contributed by atoms with Crippen molar-refractivity contribution in [3.05, 3.63) is 70.4 Å². The summed E-state index contributed by atoms with van der Waals surface area (Å²) >= 11 is 6.08. The van der Waals surface area contributed by atoms with Crippen molar-refractivity contribution in [2.24, 2.45) is 0 Å². The van der Waals surface area contributed by atoms with E-state index in [4.69, 9.17) is 21.3 Å². The van der Waals surface area contributed by atoms with Crippen molar-refractivity contribution in [3.8, 4) is 11.3 Å². The number of imidazole rings is 1. The maximum absolute atomic E-state index is 13.6. The van der Waals surface area contributed by atoms with E-state index in [0.717, 1.165) is 18.7 Å². The summed E-state index contributed by atoms with van der Waals surface area (Å²) in [5.74, 6) is -0.216. The molecule has 1 aromatic heterocycles. The zero-order chi connectivity index (χ0) is 23.0. The molecule has 0 aliphatic heterocycles. The molecule has 4 rings (SSSR count). The van der Waals surface area contributed by atoms with Gasteiger partial charge in [-0.05, 0) is 69.2 Å².